The SMILES string of the molecule is Cc1cccc(COC(C)[C@@H]2CCCC[C@@H]2OCc2coc(-c3ccc(F)cc3)n2)c1C(=O)O. The molecule has 0 spiro atoms. The number of ether oxygens (including phenoxy) is 2. The van der Waals surface area contributed by atoms with E-state index in [4.69, 9.17) is 13.9 Å². The summed E-state index contributed by atoms with van der Waals surface area (Å²) in [7, 11) is 0. The molecule has 3 atom stereocenters. The lowest BCUT2D eigenvalue weighted by Crippen LogP contribution is -2.36. The zero-order valence-electron chi connectivity index (χ0n) is 19.5. The Morgan fingerprint density at radius 2 is 1.94 bits per heavy atom. The number of carboxylic acid groups (broad SMARTS) is 1. The summed E-state index contributed by atoms with van der Waals surface area (Å²) < 4.78 is 31.1. The largest absolute Gasteiger partial charge is 0.478 e. The maximum atomic E-state index is 13.2. The van der Waals surface area contributed by atoms with Gasteiger partial charge < -0.3 is 19.0 Å². The predicted molar refractivity (Wildman–Crippen MR) is 125 cm³/mol. The van der Waals surface area contributed by atoms with Gasteiger partial charge in [0, 0.05) is 11.5 Å². The number of hydrogen-bond acceptors (Lipinski definition) is 5. The normalized spacial score (nSPS) is 19.1. The molecule has 0 saturated heterocycles. The van der Waals surface area contributed by atoms with E-state index in [1.54, 1.807) is 37.5 Å². The monoisotopic (exact) mass is 467 g/mol. The summed E-state index contributed by atoms with van der Waals surface area (Å²) in [6.45, 7) is 4.40. The smallest absolute Gasteiger partial charge is 0.336 e. The van der Waals surface area contributed by atoms with Crippen molar-refractivity contribution in [2.45, 2.75) is 65.0 Å². The average Bonchev–Trinajstić information content (AvgIpc) is 3.30. The van der Waals surface area contributed by atoms with E-state index in [2.05, 4.69) is 4.98 Å². The van der Waals surface area contributed by atoms with Crippen LogP contribution in [0, 0.1) is 18.7 Å². The number of oxazole rings is 1. The second kappa shape index (κ2) is 10.9. The lowest BCUT2D eigenvalue weighted by molar-refractivity contribution is -0.0863. The fourth-order valence-corrected chi connectivity index (χ4v) is 4.66. The molecule has 0 amide bonds. The van der Waals surface area contributed by atoms with Gasteiger partial charge in [-0.15, -0.1) is 0 Å². The van der Waals surface area contributed by atoms with E-state index in [0.717, 1.165) is 31.2 Å². The molecule has 1 N–H and O–H groups in total. The Hall–Kier alpha value is -3.03. The van der Waals surface area contributed by atoms with Gasteiger partial charge in [0.05, 0.1) is 31.0 Å². The number of hydrogen-bond donors (Lipinski definition) is 1. The topological polar surface area (TPSA) is 81.8 Å². The van der Waals surface area contributed by atoms with Gasteiger partial charge >= 0.3 is 5.97 Å². The summed E-state index contributed by atoms with van der Waals surface area (Å²) in [5.74, 6) is -0.603. The van der Waals surface area contributed by atoms with E-state index in [1.807, 2.05) is 13.0 Å². The van der Waals surface area contributed by atoms with Crippen LogP contribution in [0.25, 0.3) is 11.5 Å². The molecule has 6 nitrogen and oxygen atoms in total. The first-order valence-electron chi connectivity index (χ1n) is 11.7. The standard InChI is InChI=1S/C27H30FNO5/c1-17-6-5-7-20(25(17)27(30)31)14-32-18(2)23-8-3-4-9-24(23)33-15-22-16-34-26(29-22)19-10-12-21(28)13-11-19/h5-7,10-13,16,18,23-24H,3-4,8-9,14-15H2,1-2H3,(H,30,31)/t18?,23-,24-/m0/s1. The highest BCUT2D eigenvalue weighted by atomic mass is 19.1. The van der Waals surface area contributed by atoms with Gasteiger partial charge in [0.1, 0.15) is 17.8 Å². The van der Waals surface area contributed by atoms with Gasteiger partial charge in [-0.05, 0) is 62.1 Å². The molecule has 1 saturated carbocycles. The number of carbonyl (C=O) groups is 1. The first-order valence-corrected chi connectivity index (χ1v) is 11.7. The summed E-state index contributed by atoms with van der Waals surface area (Å²) in [4.78, 5) is 16.1. The summed E-state index contributed by atoms with van der Waals surface area (Å²) >= 11 is 0. The number of aromatic nitrogens is 1. The highest BCUT2D eigenvalue weighted by molar-refractivity contribution is 5.91. The average molecular weight is 468 g/mol. The highest BCUT2D eigenvalue weighted by Gasteiger charge is 2.31. The van der Waals surface area contributed by atoms with Gasteiger partial charge in [-0.25, -0.2) is 14.2 Å². The number of rotatable bonds is 9. The van der Waals surface area contributed by atoms with Crippen LogP contribution in [0.1, 0.15) is 59.8 Å². The lowest BCUT2D eigenvalue weighted by atomic mass is 9.83. The molecule has 0 radical (unpaired) electrons. The third kappa shape index (κ3) is 5.72. The summed E-state index contributed by atoms with van der Waals surface area (Å²) in [6.07, 6.45) is 5.64. The van der Waals surface area contributed by atoms with E-state index in [-0.39, 0.29) is 30.5 Å². The van der Waals surface area contributed by atoms with Crippen LogP contribution in [0.15, 0.2) is 53.1 Å². The Morgan fingerprint density at radius 1 is 1.18 bits per heavy atom. The van der Waals surface area contributed by atoms with Gasteiger partial charge in [0.2, 0.25) is 5.89 Å². The molecule has 1 aliphatic carbocycles. The van der Waals surface area contributed by atoms with Crippen LogP contribution >= 0.6 is 0 Å². The maximum Gasteiger partial charge on any atom is 0.336 e. The van der Waals surface area contributed by atoms with Crippen molar-refractivity contribution in [1.82, 2.24) is 4.98 Å². The molecule has 1 aliphatic rings. The Bertz CT molecular complexity index is 1110. The predicted octanol–water partition coefficient (Wildman–Crippen LogP) is 6.17. The lowest BCUT2D eigenvalue weighted by Gasteiger charge is -2.35. The van der Waals surface area contributed by atoms with Crippen LogP contribution in [0.5, 0.6) is 0 Å². The fraction of sp³-hybridized carbons (Fsp3) is 0.407. The summed E-state index contributed by atoms with van der Waals surface area (Å²) in [5, 5.41) is 9.56. The van der Waals surface area contributed by atoms with Crippen molar-refractivity contribution < 1.29 is 28.2 Å². The van der Waals surface area contributed by atoms with E-state index in [1.165, 1.54) is 12.1 Å². The number of aromatic carboxylic acids is 1. The van der Waals surface area contributed by atoms with E-state index < -0.39 is 5.97 Å². The summed E-state index contributed by atoms with van der Waals surface area (Å²) in [5.41, 5.74) is 3.12. The van der Waals surface area contributed by atoms with Crippen molar-refractivity contribution >= 4 is 5.97 Å². The van der Waals surface area contributed by atoms with Gasteiger partial charge in [-0.1, -0.05) is 31.0 Å². The van der Waals surface area contributed by atoms with Crippen molar-refractivity contribution in [1.29, 1.82) is 0 Å². The molecule has 0 aliphatic heterocycles. The minimum atomic E-state index is -0.934. The number of halogens is 1. The molecular formula is C27H30FNO5. The highest BCUT2D eigenvalue weighted by Crippen LogP contribution is 2.32. The van der Waals surface area contributed by atoms with Gasteiger partial charge in [-0.2, -0.15) is 0 Å². The van der Waals surface area contributed by atoms with E-state index in [0.29, 0.717) is 34.9 Å². The molecule has 4 rings (SSSR count). The zero-order valence-corrected chi connectivity index (χ0v) is 19.5. The molecule has 1 aromatic heterocycles. The van der Waals surface area contributed by atoms with Crippen LogP contribution in [-0.2, 0) is 22.7 Å². The molecule has 0 bridgehead atoms. The van der Waals surface area contributed by atoms with Gasteiger partial charge in [0.25, 0.3) is 0 Å². The molecule has 2 aromatic carbocycles. The first-order chi connectivity index (χ1) is 16.4. The second-order valence-electron chi connectivity index (χ2n) is 8.88. The number of benzene rings is 2. The van der Waals surface area contributed by atoms with E-state index in [9.17, 15) is 14.3 Å². The van der Waals surface area contributed by atoms with Crippen LogP contribution in [0.4, 0.5) is 4.39 Å². The summed E-state index contributed by atoms with van der Waals surface area (Å²) in [6, 6.07) is 11.5. The minimum Gasteiger partial charge on any atom is -0.478 e. The Labute approximate surface area is 198 Å². The minimum absolute atomic E-state index is 0.0196. The quantitative estimate of drug-likeness (QED) is 0.405. The second-order valence-corrected chi connectivity index (χ2v) is 8.88. The van der Waals surface area contributed by atoms with Gasteiger partial charge in [0.15, 0.2) is 0 Å². The zero-order chi connectivity index (χ0) is 24.1. The number of carboxylic acids is 1. The van der Waals surface area contributed by atoms with Crippen LogP contribution in [0.2, 0.25) is 0 Å². The molecular weight excluding hydrogens is 437 g/mol. The van der Waals surface area contributed by atoms with Crippen molar-refractivity contribution in [3.05, 3.63) is 76.9 Å². The number of nitrogens with zero attached hydrogens (tertiary/aromatic N) is 1. The number of aryl methyl sites for hydroxylation is 1. The maximum absolute atomic E-state index is 13.2. The molecule has 1 fully saturated rings. The van der Waals surface area contributed by atoms with Crippen LogP contribution in [0.3, 0.4) is 0 Å². The Balaban J connectivity index is 1.36. The van der Waals surface area contributed by atoms with Crippen molar-refractivity contribution in [2.75, 3.05) is 0 Å². The Kier molecular flexibility index (Phi) is 7.75. The van der Waals surface area contributed by atoms with Crippen molar-refractivity contribution in [3.63, 3.8) is 0 Å². The molecule has 3 aromatic rings. The molecule has 1 unspecified atom stereocenters. The Morgan fingerprint density at radius 3 is 2.71 bits per heavy atom. The molecule has 180 valence electrons. The molecule has 7 heteroatoms. The van der Waals surface area contributed by atoms with Crippen molar-refractivity contribution in [3.8, 4) is 11.5 Å². The first kappa shape index (κ1) is 24.1. The van der Waals surface area contributed by atoms with Crippen molar-refractivity contribution in [2.24, 2.45) is 5.92 Å². The third-order valence-electron chi connectivity index (χ3n) is 6.52. The van der Waals surface area contributed by atoms with Crippen LogP contribution in [-0.4, -0.2) is 28.3 Å². The van der Waals surface area contributed by atoms with E-state index >= 15 is 0 Å². The van der Waals surface area contributed by atoms with Crippen LogP contribution < -0.4 is 0 Å². The van der Waals surface area contributed by atoms with Gasteiger partial charge in [-0.3, -0.25) is 0 Å². The fourth-order valence-electron chi connectivity index (χ4n) is 4.66. The molecule has 1 heterocycles. The third-order valence-corrected chi connectivity index (χ3v) is 6.52. The molecule has 34 heavy (non-hydrogen) atoms.